The predicted octanol–water partition coefficient (Wildman–Crippen LogP) is 0.637. The summed E-state index contributed by atoms with van der Waals surface area (Å²) in [7, 11) is 0. The van der Waals surface area contributed by atoms with E-state index in [1.807, 2.05) is 30.3 Å². The van der Waals surface area contributed by atoms with Gasteiger partial charge in [-0.3, -0.25) is 9.59 Å². The van der Waals surface area contributed by atoms with Gasteiger partial charge in [-0.05, 0) is 6.07 Å². The number of amides is 1. The Balaban J connectivity index is 1.41. The zero-order valence-electron chi connectivity index (χ0n) is 14.7. The van der Waals surface area contributed by atoms with Crippen molar-refractivity contribution in [3.63, 3.8) is 0 Å². The van der Waals surface area contributed by atoms with E-state index in [-0.39, 0.29) is 11.5 Å². The van der Waals surface area contributed by atoms with Crippen LogP contribution in [0.1, 0.15) is 17.4 Å². The molecular formula is C19H20N6O2. The van der Waals surface area contributed by atoms with Gasteiger partial charge in [-0.25, -0.2) is 9.67 Å². The first kappa shape index (κ1) is 17.2. The summed E-state index contributed by atoms with van der Waals surface area (Å²) in [4.78, 5) is 31.9. The molecule has 0 radical (unpaired) electrons. The Labute approximate surface area is 155 Å². The quantitative estimate of drug-likeness (QED) is 0.616. The maximum Gasteiger partial charge on any atom is 0.266 e. The Kier molecular flexibility index (Phi) is 4.80. The highest BCUT2D eigenvalue weighted by atomic mass is 16.2. The van der Waals surface area contributed by atoms with Crippen molar-refractivity contribution in [2.75, 3.05) is 13.1 Å². The molecule has 2 aromatic heterocycles. The van der Waals surface area contributed by atoms with Gasteiger partial charge in [0.2, 0.25) is 5.91 Å². The number of benzene rings is 1. The molecule has 0 aliphatic carbocycles. The van der Waals surface area contributed by atoms with Crippen LogP contribution in [-0.2, 0) is 17.8 Å². The first-order valence-electron chi connectivity index (χ1n) is 8.89. The Morgan fingerprint density at radius 3 is 2.93 bits per heavy atom. The van der Waals surface area contributed by atoms with Crippen molar-refractivity contribution in [3.8, 4) is 11.3 Å². The second kappa shape index (κ2) is 7.55. The van der Waals surface area contributed by atoms with Gasteiger partial charge in [-0.1, -0.05) is 30.3 Å². The van der Waals surface area contributed by atoms with Crippen molar-refractivity contribution in [2.24, 2.45) is 0 Å². The topological polar surface area (TPSA) is 105 Å². The monoisotopic (exact) mass is 364 g/mol. The SMILES string of the molecule is O=C(NCCn1nc(-c2ccccc2)ccc1=O)C1NCCc2[nH]cnc21. The molecule has 0 spiro atoms. The fourth-order valence-corrected chi connectivity index (χ4v) is 3.19. The highest BCUT2D eigenvalue weighted by Gasteiger charge is 2.28. The second-order valence-corrected chi connectivity index (χ2v) is 6.34. The summed E-state index contributed by atoms with van der Waals surface area (Å²) in [6, 6.07) is 12.4. The normalized spacial score (nSPS) is 15.9. The van der Waals surface area contributed by atoms with E-state index in [0.29, 0.717) is 19.6 Å². The van der Waals surface area contributed by atoms with Crippen molar-refractivity contribution >= 4 is 5.91 Å². The van der Waals surface area contributed by atoms with E-state index in [4.69, 9.17) is 0 Å². The number of nitrogens with one attached hydrogen (secondary N) is 3. The molecule has 3 aromatic rings. The third kappa shape index (κ3) is 3.65. The number of carbonyl (C=O) groups is 1. The van der Waals surface area contributed by atoms with Crippen LogP contribution < -0.4 is 16.2 Å². The summed E-state index contributed by atoms with van der Waals surface area (Å²) in [5.41, 5.74) is 3.18. The fourth-order valence-electron chi connectivity index (χ4n) is 3.19. The highest BCUT2D eigenvalue weighted by molar-refractivity contribution is 5.83. The molecule has 3 N–H and O–H groups in total. The van der Waals surface area contributed by atoms with Crippen molar-refractivity contribution in [2.45, 2.75) is 19.0 Å². The van der Waals surface area contributed by atoms with Crippen LogP contribution in [-0.4, -0.2) is 38.7 Å². The molecule has 8 heteroatoms. The minimum atomic E-state index is -0.472. The van der Waals surface area contributed by atoms with E-state index in [1.165, 1.54) is 10.7 Å². The second-order valence-electron chi connectivity index (χ2n) is 6.34. The Morgan fingerprint density at radius 1 is 1.22 bits per heavy atom. The van der Waals surface area contributed by atoms with Crippen molar-refractivity contribution < 1.29 is 4.79 Å². The minimum absolute atomic E-state index is 0.157. The lowest BCUT2D eigenvalue weighted by atomic mass is 10.1. The molecule has 1 amide bonds. The summed E-state index contributed by atoms with van der Waals surface area (Å²) in [5, 5.41) is 10.4. The van der Waals surface area contributed by atoms with E-state index in [1.54, 1.807) is 12.4 Å². The lowest BCUT2D eigenvalue weighted by Crippen LogP contribution is -2.43. The van der Waals surface area contributed by atoms with Crippen LogP contribution >= 0.6 is 0 Å². The third-order valence-corrected chi connectivity index (χ3v) is 4.57. The summed E-state index contributed by atoms with van der Waals surface area (Å²) < 4.78 is 1.37. The Hall–Kier alpha value is -3.26. The number of fused-ring (bicyclic) bond motifs is 1. The van der Waals surface area contributed by atoms with Crippen molar-refractivity contribution in [1.82, 2.24) is 30.4 Å². The third-order valence-electron chi connectivity index (χ3n) is 4.57. The molecular weight excluding hydrogens is 344 g/mol. The molecule has 8 nitrogen and oxygen atoms in total. The van der Waals surface area contributed by atoms with E-state index in [9.17, 15) is 9.59 Å². The molecule has 0 bridgehead atoms. The van der Waals surface area contributed by atoms with Gasteiger partial charge in [-0.15, -0.1) is 0 Å². The average Bonchev–Trinajstić information content (AvgIpc) is 3.19. The molecule has 0 fully saturated rings. The minimum Gasteiger partial charge on any atom is -0.353 e. The van der Waals surface area contributed by atoms with E-state index in [0.717, 1.165) is 29.1 Å². The lowest BCUT2D eigenvalue weighted by Gasteiger charge is -2.22. The molecule has 1 aromatic carbocycles. The number of rotatable bonds is 5. The van der Waals surface area contributed by atoms with Gasteiger partial charge < -0.3 is 15.6 Å². The first-order valence-corrected chi connectivity index (χ1v) is 8.89. The number of nitrogens with zero attached hydrogens (tertiary/aromatic N) is 3. The predicted molar refractivity (Wildman–Crippen MR) is 100.0 cm³/mol. The maximum absolute atomic E-state index is 12.5. The van der Waals surface area contributed by atoms with Crippen LogP contribution in [0, 0.1) is 0 Å². The number of aromatic amines is 1. The number of hydrogen-bond acceptors (Lipinski definition) is 5. The van der Waals surface area contributed by atoms with Crippen LogP contribution in [0.5, 0.6) is 0 Å². The molecule has 1 aliphatic heterocycles. The van der Waals surface area contributed by atoms with Crippen LogP contribution in [0.3, 0.4) is 0 Å². The van der Waals surface area contributed by atoms with Gasteiger partial charge in [-0.2, -0.15) is 5.10 Å². The number of aromatic nitrogens is 4. The molecule has 0 saturated carbocycles. The van der Waals surface area contributed by atoms with Crippen LogP contribution in [0.2, 0.25) is 0 Å². The number of hydrogen-bond donors (Lipinski definition) is 3. The summed E-state index contributed by atoms with van der Waals surface area (Å²) in [6.07, 6.45) is 2.43. The lowest BCUT2D eigenvalue weighted by molar-refractivity contribution is -0.123. The Bertz CT molecular complexity index is 995. The van der Waals surface area contributed by atoms with Gasteiger partial charge in [0.25, 0.3) is 5.56 Å². The van der Waals surface area contributed by atoms with Crippen LogP contribution in [0.4, 0.5) is 0 Å². The van der Waals surface area contributed by atoms with E-state index in [2.05, 4.69) is 25.7 Å². The summed E-state index contributed by atoms with van der Waals surface area (Å²) in [6.45, 7) is 1.32. The summed E-state index contributed by atoms with van der Waals surface area (Å²) >= 11 is 0. The first-order chi connectivity index (χ1) is 13.2. The van der Waals surface area contributed by atoms with Gasteiger partial charge >= 0.3 is 0 Å². The summed E-state index contributed by atoms with van der Waals surface area (Å²) in [5.74, 6) is -0.157. The molecule has 138 valence electrons. The highest BCUT2D eigenvalue weighted by Crippen LogP contribution is 2.19. The van der Waals surface area contributed by atoms with Gasteiger partial charge in [0.1, 0.15) is 6.04 Å². The standard InChI is InChI=1S/C19H20N6O2/c26-16-7-6-14(13-4-2-1-3-5-13)24-25(16)11-10-21-19(27)18-17-15(8-9-20-18)22-12-23-17/h1-7,12,18,20H,8-11H2,(H,21,27)(H,22,23). The van der Waals surface area contributed by atoms with Gasteiger partial charge in [0.05, 0.1) is 24.3 Å². The maximum atomic E-state index is 12.5. The average molecular weight is 364 g/mol. The zero-order valence-corrected chi connectivity index (χ0v) is 14.7. The number of H-pyrrole nitrogens is 1. The number of carbonyl (C=O) groups excluding carboxylic acids is 1. The molecule has 0 saturated heterocycles. The number of imidazole rings is 1. The van der Waals surface area contributed by atoms with Crippen LogP contribution in [0.25, 0.3) is 11.3 Å². The fraction of sp³-hybridized carbons (Fsp3) is 0.263. The van der Waals surface area contributed by atoms with E-state index >= 15 is 0 Å². The van der Waals surface area contributed by atoms with E-state index < -0.39 is 6.04 Å². The Morgan fingerprint density at radius 2 is 2.07 bits per heavy atom. The molecule has 1 unspecified atom stereocenters. The molecule has 27 heavy (non-hydrogen) atoms. The van der Waals surface area contributed by atoms with Gasteiger partial charge in [0, 0.05) is 36.8 Å². The largest absolute Gasteiger partial charge is 0.353 e. The van der Waals surface area contributed by atoms with Gasteiger partial charge in [0.15, 0.2) is 0 Å². The molecule has 3 heterocycles. The van der Waals surface area contributed by atoms with Crippen molar-refractivity contribution in [3.05, 3.63) is 70.5 Å². The van der Waals surface area contributed by atoms with Crippen molar-refractivity contribution in [1.29, 1.82) is 0 Å². The smallest absolute Gasteiger partial charge is 0.266 e. The van der Waals surface area contributed by atoms with Crippen LogP contribution in [0.15, 0.2) is 53.6 Å². The molecule has 1 atom stereocenters. The molecule has 1 aliphatic rings. The molecule has 4 rings (SSSR count). The zero-order chi connectivity index (χ0) is 18.6.